The standard InChI is InChI=1S/CH6S2Si/c2-1-4-3/h2-3H,1,4H2. The zero-order valence-electron chi connectivity index (χ0n) is 2.31. The molecular formula is CH6S2Si. The van der Waals surface area contributed by atoms with E-state index in [1.165, 1.54) is 0 Å². The van der Waals surface area contributed by atoms with Gasteiger partial charge in [0, 0.05) is 0 Å². The fraction of sp³-hybridized carbons (Fsp3) is 1.00. The van der Waals surface area contributed by atoms with Gasteiger partial charge in [-0.1, -0.05) is 0 Å². The molecule has 3 heteroatoms. The maximum atomic E-state index is 3.98. The zero-order chi connectivity index (χ0) is 3.41. The Bertz CT molecular complexity index is 8.00. The molecule has 0 aliphatic rings. The second-order valence-electron chi connectivity index (χ2n) is 0.447. The summed E-state index contributed by atoms with van der Waals surface area (Å²) in [6, 6.07) is 0. The van der Waals surface area contributed by atoms with E-state index in [9.17, 15) is 0 Å². The van der Waals surface area contributed by atoms with Crippen molar-refractivity contribution in [3.05, 3.63) is 0 Å². The van der Waals surface area contributed by atoms with E-state index in [0.717, 1.165) is 5.38 Å². The fourth-order valence-electron chi connectivity index (χ4n) is 0. The van der Waals surface area contributed by atoms with Crippen LogP contribution in [0.2, 0.25) is 0 Å². The van der Waals surface area contributed by atoms with E-state index in [4.69, 9.17) is 0 Å². The first-order chi connectivity index (χ1) is 1.91. The summed E-state index contributed by atoms with van der Waals surface area (Å²) >= 11 is 7.89. The van der Waals surface area contributed by atoms with E-state index < -0.39 is 0 Å². The highest BCUT2D eigenvalue weighted by Gasteiger charge is 1.60. The molecule has 0 rings (SSSR count). The van der Waals surface area contributed by atoms with E-state index in [-0.39, 0.29) is 8.67 Å². The number of hydrogen-bond acceptors (Lipinski definition) is 2. The molecule has 0 saturated carbocycles. The van der Waals surface area contributed by atoms with Crippen molar-refractivity contribution in [2.45, 2.75) is 0 Å². The van der Waals surface area contributed by atoms with E-state index >= 15 is 0 Å². The first-order valence-corrected chi connectivity index (χ1v) is 5.29. The van der Waals surface area contributed by atoms with Gasteiger partial charge in [-0.2, -0.15) is 12.6 Å². The van der Waals surface area contributed by atoms with Crippen LogP contribution in [0.3, 0.4) is 0 Å². The third-order valence-electron chi connectivity index (χ3n) is 0.1000. The Labute approximate surface area is 39.3 Å². The monoisotopic (exact) mass is 110 g/mol. The topological polar surface area (TPSA) is 0 Å². The van der Waals surface area contributed by atoms with Crippen LogP contribution in [0, 0.1) is 0 Å². The summed E-state index contributed by atoms with van der Waals surface area (Å²) in [5.41, 5.74) is 0. The molecule has 0 atom stereocenters. The van der Waals surface area contributed by atoms with Gasteiger partial charge >= 0.3 is 0 Å². The van der Waals surface area contributed by atoms with E-state index in [0.29, 0.717) is 0 Å². The predicted molar refractivity (Wildman–Crippen MR) is 31.4 cm³/mol. The fourth-order valence-corrected chi connectivity index (χ4v) is 0. The highest BCUT2D eigenvalue weighted by molar-refractivity contribution is 8.09. The maximum absolute atomic E-state index is 3.98. The molecule has 0 amide bonds. The van der Waals surface area contributed by atoms with Gasteiger partial charge in [0.15, 0.2) is 0 Å². The molecule has 0 fully saturated rings. The van der Waals surface area contributed by atoms with Gasteiger partial charge in [-0.15, -0.1) is 0 Å². The van der Waals surface area contributed by atoms with Crippen molar-refractivity contribution < 1.29 is 0 Å². The lowest BCUT2D eigenvalue weighted by Gasteiger charge is -1.65. The highest BCUT2D eigenvalue weighted by atomic mass is 32.3. The van der Waals surface area contributed by atoms with Crippen LogP contribution in [0.15, 0.2) is 0 Å². The summed E-state index contributed by atoms with van der Waals surface area (Å²) in [5.74, 6) is 0. The van der Waals surface area contributed by atoms with Crippen LogP contribution in [0.4, 0.5) is 0 Å². The van der Waals surface area contributed by atoms with Crippen molar-refractivity contribution in [1.29, 1.82) is 0 Å². The molecule has 0 aliphatic carbocycles. The highest BCUT2D eigenvalue weighted by Crippen LogP contribution is 1.68. The Hall–Kier alpha value is 0.917. The minimum absolute atomic E-state index is 0.0170. The van der Waals surface area contributed by atoms with Crippen LogP contribution < -0.4 is 0 Å². The Balaban J connectivity index is 1.97. The normalized spacial score (nSPS) is 10.5. The minimum atomic E-state index is -0.0170. The summed E-state index contributed by atoms with van der Waals surface area (Å²) in [5, 5.41) is 1.02. The molecule has 0 aromatic heterocycles. The average molecular weight is 110 g/mol. The van der Waals surface area contributed by atoms with Crippen molar-refractivity contribution in [2.75, 3.05) is 5.38 Å². The minimum Gasteiger partial charge on any atom is -0.209 e. The van der Waals surface area contributed by atoms with Crippen molar-refractivity contribution in [3.63, 3.8) is 0 Å². The molecule has 26 valence electrons. The van der Waals surface area contributed by atoms with Gasteiger partial charge in [0.25, 0.3) is 0 Å². The van der Waals surface area contributed by atoms with E-state index in [1.54, 1.807) is 0 Å². The molecular weight excluding hydrogens is 104 g/mol. The van der Waals surface area contributed by atoms with Crippen molar-refractivity contribution in [3.8, 4) is 0 Å². The first kappa shape index (κ1) is 4.92. The first-order valence-electron chi connectivity index (χ1n) is 1.13. The van der Waals surface area contributed by atoms with Crippen LogP contribution in [0.1, 0.15) is 0 Å². The van der Waals surface area contributed by atoms with Crippen LogP contribution in [-0.2, 0) is 0 Å². The van der Waals surface area contributed by atoms with Crippen molar-refractivity contribution in [1.82, 2.24) is 0 Å². The zero-order valence-corrected chi connectivity index (χ0v) is 5.51. The van der Waals surface area contributed by atoms with Crippen LogP contribution in [-0.4, -0.2) is 14.0 Å². The predicted octanol–water partition coefficient (Wildman–Crippen LogP) is -0.113. The molecule has 0 spiro atoms. The van der Waals surface area contributed by atoms with Crippen LogP contribution in [0.25, 0.3) is 0 Å². The molecule has 0 aromatic rings. The molecule has 0 heterocycles. The third kappa shape index (κ3) is 2.92. The van der Waals surface area contributed by atoms with Gasteiger partial charge in [0.2, 0.25) is 0 Å². The second-order valence-corrected chi connectivity index (χ2v) is 4.02. The summed E-state index contributed by atoms with van der Waals surface area (Å²) in [6.07, 6.45) is 0. The molecule has 0 N–H and O–H groups in total. The summed E-state index contributed by atoms with van der Waals surface area (Å²) in [4.78, 5) is 0. The van der Waals surface area contributed by atoms with Crippen LogP contribution >= 0.6 is 24.7 Å². The summed E-state index contributed by atoms with van der Waals surface area (Å²) in [7, 11) is -0.0170. The summed E-state index contributed by atoms with van der Waals surface area (Å²) in [6.45, 7) is 0. The molecule has 0 unspecified atom stereocenters. The lowest BCUT2D eigenvalue weighted by molar-refractivity contribution is 2.26. The number of rotatable bonds is 1. The second kappa shape index (κ2) is 3.92. The molecule has 4 heavy (non-hydrogen) atoms. The molecule has 0 saturated heterocycles. The van der Waals surface area contributed by atoms with Gasteiger partial charge in [0.05, 0.1) is 8.67 Å². The molecule has 0 radical (unpaired) electrons. The maximum Gasteiger partial charge on any atom is 0.0907 e. The smallest absolute Gasteiger partial charge is 0.0907 e. The van der Waals surface area contributed by atoms with Gasteiger partial charge in [-0.05, 0) is 5.38 Å². The van der Waals surface area contributed by atoms with Crippen molar-refractivity contribution in [2.24, 2.45) is 0 Å². The van der Waals surface area contributed by atoms with Crippen LogP contribution in [0.5, 0.6) is 0 Å². The van der Waals surface area contributed by atoms with Gasteiger partial charge in [-0.3, -0.25) is 0 Å². The molecule has 0 aromatic carbocycles. The Kier molecular flexibility index (Phi) is 4.81. The lowest BCUT2D eigenvalue weighted by atomic mass is 11.9. The number of thiol groups is 2. The van der Waals surface area contributed by atoms with E-state index in [1.807, 2.05) is 0 Å². The molecule has 0 nitrogen and oxygen atoms in total. The Morgan fingerprint density at radius 3 is 2.00 bits per heavy atom. The molecule has 0 bridgehead atoms. The van der Waals surface area contributed by atoms with E-state index in [2.05, 4.69) is 24.7 Å². The Morgan fingerprint density at radius 1 is 1.75 bits per heavy atom. The van der Waals surface area contributed by atoms with Gasteiger partial charge < -0.3 is 0 Å². The third-order valence-corrected chi connectivity index (χ3v) is 2.70. The Morgan fingerprint density at radius 2 is 2.00 bits per heavy atom. The van der Waals surface area contributed by atoms with Gasteiger partial charge in [-0.25, -0.2) is 12.1 Å². The SMILES string of the molecule is SC[SiH2]S. The molecule has 0 aliphatic heterocycles. The summed E-state index contributed by atoms with van der Waals surface area (Å²) < 4.78 is 0. The largest absolute Gasteiger partial charge is 0.209 e. The lowest BCUT2D eigenvalue weighted by Crippen LogP contribution is -1.72. The van der Waals surface area contributed by atoms with Crippen molar-refractivity contribution >= 4 is 33.4 Å². The average Bonchev–Trinajstić information content (AvgIpc) is 1.37. The number of hydrogen-bond donors (Lipinski definition) is 2. The quantitative estimate of drug-likeness (QED) is 0.341. The van der Waals surface area contributed by atoms with Gasteiger partial charge in [0.1, 0.15) is 0 Å².